The van der Waals surface area contributed by atoms with E-state index in [2.05, 4.69) is 20.7 Å². The molecule has 1 atom stereocenters. The third-order valence-electron chi connectivity index (χ3n) is 2.72. The summed E-state index contributed by atoms with van der Waals surface area (Å²) < 4.78 is 27.8. The molecule has 1 aromatic rings. The molecule has 17 heavy (non-hydrogen) atoms. The van der Waals surface area contributed by atoms with E-state index in [0.29, 0.717) is 17.4 Å². The number of thioether (sulfide) groups is 1. The molecule has 1 unspecified atom stereocenters. The predicted molar refractivity (Wildman–Crippen MR) is 77.4 cm³/mol. The van der Waals surface area contributed by atoms with E-state index in [1.54, 1.807) is 6.07 Å². The average molecular weight is 356 g/mol. The number of sulfonamides is 1. The Hall–Kier alpha value is 0.440. The van der Waals surface area contributed by atoms with Crippen LogP contribution in [0.5, 0.6) is 0 Å². The lowest BCUT2D eigenvalue weighted by molar-refractivity contribution is 0.545. The zero-order valence-corrected chi connectivity index (χ0v) is 13.4. The summed E-state index contributed by atoms with van der Waals surface area (Å²) in [4.78, 5) is 1.23. The number of hydrogen-bond acceptors (Lipinski definition) is 4. The van der Waals surface area contributed by atoms with Gasteiger partial charge in [-0.1, -0.05) is 0 Å². The SMILES string of the molecule is Cc1sc(Br)cc1S(=O)(=O)NCC1CCSC1. The average Bonchev–Trinajstić information content (AvgIpc) is 2.85. The first kappa shape index (κ1) is 13.9. The first-order valence-electron chi connectivity index (χ1n) is 5.32. The van der Waals surface area contributed by atoms with E-state index in [9.17, 15) is 8.42 Å². The van der Waals surface area contributed by atoms with E-state index in [0.717, 1.165) is 26.6 Å². The number of nitrogens with one attached hydrogen (secondary N) is 1. The maximum Gasteiger partial charge on any atom is 0.241 e. The van der Waals surface area contributed by atoms with Crippen molar-refractivity contribution >= 4 is 49.1 Å². The van der Waals surface area contributed by atoms with Crippen molar-refractivity contribution in [3.05, 3.63) is 14.7 Å². The van der Waals surface area contributed by atoms with Crippen molar-refractivity contribution < 1.29 is 8.42 Å². The molecule has 0 spiro atoms. The second-order valence-corrected chi connectivity index (χ2v) is 9.57. The fourth-order valence-electron chi connectivity index (χ4n) is 1.75. The van der Waals surface area contributed by atoms with Crippen molar-refractivity contribution in [2.75, 3.05) is 18.1 Å². The zero-order chi connectivity index (χ0) is 12.5. The molecule has 1 aliphatic rings. The maximum atomic E-state index is 12.1. The molecule has 0 saturated carbocycles. The maximum absolute atomic E-state index is 12.1. The lowest BCUT2D eigenvalue weighted by Gasteiger charge is -2.10. The quantitative estimate of drug-likeness (QED) is 0.902. The third-order valence-corrected chi connectivity index (χ3v) is 7.18. The van der Waals surface area contributed by atoms with E-state index in [4.69, 9.17) is 0 Å². The standard InChI is InChI=1S/C10H14BrNO2S3/c1-7-9(4-10(11)16-7)17(13,14)12-5-8-2-3-15-6-8/h4,8,12H,2-3,5-6H2,1H3. The van der Waals surface area contributed by atoms with Crippen LogP contribution in [-0.2, 0) is 10.0 Å². The van der Waals surface area contributed by atoms with Gasteiger partial charge in [-0.25, -0.2) is 13.1 Å². The summed E-state index contributed by atoms with van der Waals surface area (Å²) >= 11 is 6.66. The molecule has 1 N–H and O–H groups in total. The van der Waals surface area contributed by atoms with Crippen LogP contribution in [0, 0.1) is 12.8 Å². The minimum Gasteiger partial charge on any atom is -0.211 e. The van der Waals surface area contributed by atoms with E-state index in [-0.39, 0.29) is 0 Å². The summed E-state index contributed by atoms with van der Waals surface area (Å²) in [6, 6.07) is 1.67. The molecule has 1 fully saturated rings. The second kappa shape index (κ2) is 5.61. The van der Waals surface area contributed by atoms with Gasteiger partial charge in [0.1, 0.15) is 0 Å². The molecule has 0 aliphatic carbocycles. The molecule has 2 heterocycles. The highest BCUT2D eigenvalue weighted by Gasteiger charge is 2.22. The molecular formula is C10H14BrNO2S3. The molecule has 2 rings (SSSR count). The summed E-state index contributed by atoms with van der Waals surface area (Å²) in [6.07, 6.45) is 1.11. The van der Waals surface area contributed by atoms with Crippen LogP contribution >= 0.6 is 39.0 Å². The number of halogens is 1. The number of rotatable bonds is 4. The zero-order valence-electron chi connectivity index (χ0n) is 9.40. The monoisotopic (exact) mass is 355 g/mol. The van der Waals surface area contributed by atoms with Crippen LogP contribution in [0.3, 0.4) is 0 Å². The molecule has 0 amide bonds. The Morgan fingerprint density at radius 1 is 1.59 bits per heavy atom. The topological polar surface area (TPSA) is 46.2 Å². The van der Waals surface area contributed by atoms with Gasteiger partial charge in [0.25, 0.3) is 0 Å². The molecule has 0 radical (unpaired) electrons. The number of thiophene rings is 1. The molecule has 1 saturated heterocycles. The molecule has 0 bridgehead atoms. The Balaban J connectivity index is 2.05. The molecule has 3 nitrogen and oxygen atoms in total. The van der Waals surface area contributed by atoms with Gasteiger partial charge in [0.05, 0.1) is 8.68 Å². The van der Waals surface area contributed by atoms with Gasteiger partial charge in [0, 0.05) is 11.4 Å². The predicted octanol–water partition coefficient (Wildman–Crippen LogP) is 2.85. The largest absolute Gasteiger partial charge is 0.241 e. The van der Waals surface area contributed by atoms with E-state index in [1.807, 2.05) is 18.7 Å². The molecule has 0 aromatic carbocycles. The Morgan fingerprint density at radius 3 is 2.88 bits per heavy atom. The molecule has 1 aromatic heterocycles. The van der Waals surface area contributed by atoms with Gasteiger partial charge in [-0.3, -0.25) is 0 Å². The molecular weight excluding hydrogens is 342 g/mol. The van der Waals surface area contributed by atoms with Crippen molar-refractivity contribution in [2.45, 2.75) is 18.2 Å². The van der Waals surface area contributed by atoms with Crippen LogP contribution in [0.2, 0.25) is 0 Å². The Labute approximate surface area is 119 Å². The molecule has 1 aliphatic heterocycles. The lowest BCUT2D eigenvalue weighted by atomic mass is 10.1. The fraction of sp³-hybridized carbons (Fsp3) is 0.600. The highest BCUT2D eigenvalue weighted by molar-refractivity contribution is 9.11. The first-order chi connectivity index (χ1) is 7.99. The van der Waals surface area contributed by atoms with Gasteiger partial charge in [-0.2, -0.15) is 11.8 Å². The van der Waals surface area contributed by atoms with Gasteiger partial charge < -0.3 is 0 Å². The fourth-order valence-corrected chi connectivity index (χ4v) is 6.56. The Morgan fingerprint density at radius 2 is 2.35 bits per heavy atom. The minimum atomic E-state index is -3.34. The minimum absolute atomic E-state index is 0.403. The van der Waals surface area contributed by atoms with E-state index >= 15 is 0 Å². The number of aryl methyl sites for hydroxylation is 1. The van der Waals surface area contributed by atoms with Crippen molar-refractivity contribution in [3.63, 3.8) is 0 Å². The highest BCUT2D eigenvalue weighted by Crippen LogP contribution is 2.30. The van der Waals surface area contributed by atoms with Gasteiger partial charge in [0.15, 0.2) is 0 Å². The normalized spacial score (nSPS) is 20.9. The van der Waals surface area contributed by atoms with Crippen LogP contribution in [0.1, 0.15) is 11.3 Å². The van der Waals surface area contributed by atoms with Crippen molar-refractivity contribution in [3.8, 4) is 0 Å². The first-order valence-corrected chi connectivity index (χ1v) is 9.57. The van der Waals surface area contributed by atoms with Crippen LogP contribution < -0.4 is 4.72 Å². The molecule has 7 heteroatoms. The van der Waals surface area contributed by atoms with E-state index < -0.39 is 10.0 Å². The smallest absolute Gasteiger partial charge is 0.211 e. The van der Waals surface area contributed by atoms with Crippen LogP contribution in [0.4, 0.5) is 0 Å². The van der Waals surface area contributed by atoms with Crippen LogP contribution in [0.25, 0.3) is 0 Å². The van der Waals surface area contributed by atoms with Crippen molar-refractivity contribution in [1.29, 1.82) is 0 Å². The Kier molecular flexibility index (Phi) is 4.57. The van der Waals surface area contributed by atoms with Crippen LogP contribution in [0.15, 0.2) is 14.7 Å². The summed E-state index contributed by atoms with van der Waals surface area (Å²) in [5, 5.41) is 0. The highest BCUT2D eigenvalue weighted by atomic mass is 79.9. The van der Waals surface area contributed by atoms with E-state index in [1.165, 1.54) is 11.3 Å². The third kappa shape index (κ3) is 3.47. The van der Waals surface area contributed by atoms with Crippen molar-refractivity contribution in [1.82, 2.24) is 4.72 Å². The summed E-state index contributed by atoms with van der Waals surface area (Å²) in [5.41, 5.74) is 0. The summed E-state index contributed by atoms with van der Waals surface area (Å²) in [5.74, 6) is 2.70. The number of hydrogen-bond donors (Lipinski definition) is 1. The summed E-state index contributed by atoms with van der Waals surface area (Å²) in [7, 11) is -3.34. The van der Waals surface area contributed by atoms with Crippen molar-refractivity contribution in [2.24, 2.45) is 5.92 Å². The van der Waals surface area contributed by atoms with Gasteiger partial charge >= 0.3 is 0 Å². The summed E-state index contributed by atoms with van der Waals surface area (Å²) in [6.45, 7) is 2.39. The second-order valence-electron chi connectivity index (χ2n) is 4.05. The Bertz CT molecular complexity index is 492. The van der Waals surface area contributed by atoms with Gasteiger partial charge in [0.2, 0.25) is 10.0 Å². The van der Waals surface area contributed by atoms with Gasteiger partial charge in [-0.15, -0.1) is 11.3 Å². The van der Waals surface area contributed by atoms with Crippen LogP contribution in [-0.4, -0.2) is 26.5 Å². The molecule has 96 valence electrons. The van der Waals surface area contributed by atoms with Gasteiger partial charge in [-0.05, 0) is 52.8 Å². The lowest BCUT2D eigenvalue weighted by Crippen LogP contribution is -2.29.